The first-order valence-electron chi connectivity index (χ1n) is 14.3. The molecule has 17 heteroatoms. The SMILES string of the molecule is CCCN(CCN1CC(c2ccc3c(c2)OCO3)[C@H](C(=O)O)[C@H]1c1ccc(OC)c(F)c1)S(=O)(=O)CCOCC(F)(F)C(F)(F)F. The lowest BCUT2D eigenvalue weighted by Crippen LogP contribution is -2.43. The van der Waals surface area contributed by atoms with E-state index in [2.05, 4.69) is 4.74 Å². The van der Waals surface area contributed by atoms with Crippen LogP contribution in [0, 0.1) is 11.7 Å². The molecule has 3 atom stereocenters. The summed E-state index contributed by atoms with van der Waals surface area (Å²) in [5.41, 5.74) is 0.932. The normalized spacial score (nSPS) is 20.4. The summed E-state index contributed by atoms with van der Waals surface area (Å²) in [6.07, 6.45) is -5.50. The number of fused-ring (bicyclic) bond motifs is 1. The highest BCUT2D eigenvalue weighted by Crippen LogP contribution is 2.48. The zero-order chi connectivity index (χ0) is 33.9. The lowest BCUT2D eigenvalue weighted by atomic mass is 9.82. The van der Waals surface area contributed by atoms with E-state index in [1.807, 2.05) is 0 Å². The minimum atomic E-state index is -5.84. The fourth-order valence-corrected chi connectivity index (χ4v) is 7.07. The van der Waals surface area contributed by atoms with Crippen molar-refractivity contribution in [1.82, 2.24) is 9.21 Å². The number of rotatable bonds is 15. The van der Waals surface area contributed by atoms with Crippen molar-refractivity contribution < 1.29 is 63.6 Å². The molecule has 256 valence electrons. The monoisotopic (exact) mass is 684 g/mol. The van der Waals surface area contributed by atoms with Crippen LogP contribution in [0.1, 0.15) is 36.4 Å². The lowest BCUT2D eigenvalue weighted by molar-refractivity contribution is -0.296. The van der Waals surface area contributed by atoms with Gasteiger partial charge in [-0.15, -0.1) is 0 Å². The molecule has 46 heavy (non-hydrogen) atoms. The molecule has 10 nitrogen and oxygen atoms in total. The smallest absolute Gasteiger partial charge is 0.455 e. The third-order valence-corrected chi connectivity index (χ3v) is 9.75. The fourth-order valence-electron chi connectivity index (χ4n) is 5.66. The third-order valence-electron chi connectivity index (χ3n) is 7.91. The highest BCUT2D eigenvalue weighted by atomic mass is 32.2. The molecule has 2 aromatic carbocycles. The number of hydrogen-bond acceptors (Lipinski definition) is 8. The number of halogens is 6. The molecule has 1 N–H and O–H groups in total. The van der Waals surface area contributed by atoms with E-state index in [9.17, 15) is 44.7 Å². The maximum Gasteiger partial charge on any atom is 0.455 e. The molecule has 2 aromatic rings. The largest absolute Gasteiger partial charge is 0.494 e. The Balaban J connectivity index is 1.57. The molecule has 0 saturated carbocycles. The molecule has 0 aromatic heterocycles. The van der Waals surface area contributed by atoms with Crippen LogP contribution in [0.15, 0.2) is 36.4 Å². The second-order valence-electron chi connectivity index (χ2n) is 10.9. The average Bonchev–Trinajstić information content (AvgIpc) is 3.61. The fraction of sp³-hybridized carbons (Fsp3) is 0.552. The van der Waals surface area contributed by atoms with E-state index in [-0.39, 0.29) is 38.7 Å². The van der Waals surface area contributed by atoms with Crippen LogP contribution < -0.4 is 14.2 Å². The quantitative estimate of drug-likeness (QED) is 0.211. The first-order valence-corrected chi connectivity index (χ1v) is 15.9. The molecule has 0 bridgehead atoms. The molecule has 2 aliphatic rings. The van der Waals surface area contributed by atoms with Crippen LogP contribution in [0.3, 0.4) is 0 Å². The van der Waals surface area contributed by atoms with Gasteiger partial charge in [0.25, 0.3) is 0 Å². The van der Waals surface area contributed by atoms with Crippen molar-refractivity contribution in [1.29, 1.82) is 0 Å². The third kappa shape index (κ3) is 7.81. The zero-order valence-electron chi connectivity index (χ0n) is 24.9. The maximum absolute atomic E-state index is 14.9. The van der Waals surface area contributed by atoms with Crippen molar-refractivity contribution in [2.45, 2.75) is 37.4 Å². The highest BCUT2D eigenvalue weighted by molar-refractivity contribution is 7.89. The number of carboxylic acid groups (broad SMARTS) is 1. The Hall–Kier alpha value is -3.28. The van der Waals surface area contributed by atoms with Gasteiger partial charge in [-0.05, 0) is 41.8 Å². The number of nitrogens with zero attached hydrogens (tertiary/aromatic N) is 2. The van der Waals surface area contributed by atoms with E-state index in [1.54, 1.807) is 30.0 Å². The lowest BCUT2D eigenvalue weighted by Gasteiger charge is -2.30. The number of likely N-dealkylation sites (tertiary alicyclic amines) is 1. The number of sulfonamides is 1. The van der Waals surface area contributed by atoms with E-state index >= 15 is 0 Å². The summed E-state index contributed by atoms with van der Waals surface area (Å²) in [7, 11) is -2.91. The van der Waals surface area contributed by atoms with Gasteiger partial charge in [-0.25, -0.2) is 17.1 Å². The Kier molecular flexibility index (Phi) is 11.0. The molecule has 1 unspecified atom stereocenters. The van der Waals surface area contributed by atoms with Crippen molar-refractivity contribution in [2.24, 2.45) is 5.92 Å². The topological polar surface area (TPSA) is 115 Å². The standard InChI is InChI=1S/C29H34F6N2O8S/c1-3-8-37(46(40,41)12-11-43-16-28(31,32)29(33,34)35)10-9-36-15-20(18-4-7-23-24(14-18)45-17-44-23)25(27(38)39)26(36)19-5-6-22(42-2)21(30)13-19/h4-7,13-14,20,25-26H,3,8-12,15-17H2,1-2H3,(H,38,39)/t20?,25-,26+/m0/s1. The minimum absolute atomic E-state index is 0.00320. The molecule has 0 aliphatic carbocycles. The van der Waals surface area contributed by atoms with Gasteiger partial charge in [-0.3, -0.25) is 9.69 Å². The van der Waals surface area contributed by atoms with Crippen molar-refractivity contribution in [3.63, 3.8) is 0 Å². The summed E-state index contributed by atoms with van der Waals surface area (Å²) in [5, 5.41) is 10.4. The number of aliphatic carboxylic acids is 1. The molecule has 0 amide bonds. The first-order chi connectivity index (χ1) is 21.6. The Bertz CT molecular complexity index is 1490. The van der Waals surface area contributed by atoms with Crippen LogP contribution in [0.25, 0.3) is 0 Å². The molecule has 0 radical (unpaired) electrons. The Labute approximate surface area is 261 Å². The van der Waals surface area contributed by atoms with E-state index in [0.29, 0.717) is 29.0 Å². The van der Waals surface area contributed by atoms with E-state index in [0.717, 1.165) is 4.31 Å². The number of carbonyl (C=O) groups is 1. The maximum atomic E-state index is 14.9. The van der Waals surface area contributed by atoms with E-state index in [4.69, 9.17) is 14.2 Å². The van der Waals surface area contributed by atoms with Crippen LogP contribution in [0.2, 0.25) is 0 Å². The summed E-state index contributed by atoms with van der Waals surface area (Å²) in [6.45, 7) is -1.31. The molecular formula is C29H34F6N2O8S. The van der Waals surface area contributed by atoms with Crippen LogP contribution in [0.5, 0.6) is 17.2 Å². The summed E-state index contributed by atoms with van der Waals surface area (Å²) in [6, 6.07) is 8.20. The van der Waals surface area contributed by atoms with Crippen molar-refractivity contribution in [3.8, 4) is 17.2 Å². The number of ether oxygens (including phenoxy) is 4. The second-order valence-corrected chi connectivity index (χ2v) is 13.0. The van der Waals surface area contributed by atoms with Crippen molar-refractivity contribution >= 4 is 16.0 Å². The van der Waals surface area contributed by atoms with Gasteiger partial charge >= 0.3 is 18.1 Å². The highest BCUT2D eigenvalue weighted by Gasteiger charge is 2.57. The number of methoxy groups -OCH3 is 1. The van der Waals surface area contributed by atoms with Crippen molar-refractivity contribution in [2.75, 3.05) is 59.0 Å². The molecule has 1 saturated heterocycles. The molecule has 1 fully saturated rings. The van der Waals surface area contributed by atoms with Crippen LogP contribution in [0.4, 0.5) is 26.3 Å². The predicted octanol–water partition coefficient (Wildman–Crippen LogP) is 4.66. The summed E-state index contributed by atoms with van der Waals surface area (Å²) >= 11 is 0. The first kappa shape index (κ1) is 35.6. The van der Waals surface area contributed by atoms with Gasteiger partial charge in [0, 0.05) is 38.1 Å². The summed E-state index contributed by atoms with van der Waals surface area (Å²) in [5.74, 6) is -8.75. The number of hydrogen-bond donors (Lipinski definition) is 1. The van der Waals surface area contributed by atoms with Crippen molar-refractivity contribution in [3.05, 3.63) is 53.3 Å². The molecule has 2 heterocycles. The van der Waals surface area contributed by atoms with Crippen LogP contribution in [-0.4, -0.2) is 99.8 Å². The van der Waals surface area contributed by atoms with Gasteiger partial charge in [0.1, 0.15) is 6.61 Å². The summed E-state index contributed by atoms with van der Waals surface area (Å²) in [4.78, 5) is 14.5. The Morgan fingerprint density at radius 2 is 1.76 bits per heavy atom. The molecule has 4 rings (SSSR count). The van der Waals surface area contributed by atoms with Crippen LogP contribution >= 0.6 is 0 Å². The molecule has 2 aliphatic heterocycles. The zero-order valence-corrected chi connectivity index (χ0v) is 25.8. The number of alkyl halides is 5. The van der Waals surface area contributed by atoms with E-state index in [1.165, 1.54) is 25.3 Å². The number of benzene rings is 2. The Morgan fingerprint density at radius 3 is 2.39 bits per heavy atom. The van der Waals surface area contributed by atoms with E-state index < -0.39 is 70.8 Å². The summed E-state index contributed by atoms with van der Waals surface area (Å²) < 4.78 is 126. The van der Waals surface area contributed by atoms with Gasteiger partial charge in [0.2, 0.25) is 16.8 Å². The number of carboxylic acids is 1. The van der Waals surface area contributed by atoms with Gasteiger partial charge in [0.15, 0.2) is 23.1 Å². The van der Waals surface area contributed by atoms with Gasteiger partial charge in [-0.1, -0.05) is 19.1 Å². The van der Waals surface area contributed by atoms with Gasteiger partial charge in [0.05, 0.1) is 25.4 Å². The average molecular weight is 685 g/mol. The molecule has 0 spiro atoms. The predicted molar refractivity (Wildman–Crippen MR) is 151 cm³/mol. The minimum Gasteiger partial charge on any atom is -0.494 e. The Morgan fingerprint density at radius 1 is 1.07 bits per heavy atom. The molecular weight excluding hydrogens is 650 g/mol. The van der Waals surface area contributed by atoms with Gasteiger partial charge < -0.3 is 24.1 Å². The van der Waals surface area contributed by atoms with Crippen LogP contribution in [-0.2, 0) is 19.6 Å². The second kappa shape index (κ2) is 14.2. The van der Waals surface area contributed by atoms with Gasteiger partial charge in [-0.2, -0.15) is 22.0 Å².